The highest BCUT2D eigenvalue weighted by Crippen LogP contribution is 2.48. The maximum atomic E-state index is 10.5. The fourth-order valence-corrected chi connectivity index (χ4v) is 3.55. The smallest absolute Gasteiger partial charge is 0.0774 e. The number of rotatable bonds is 0. The number of likely N-dealkylation sites (N-methyl/N-ethyl adjacent to an activating group) is 1. The van der Waals surface area contributed by atoms with E-state index in [1.807, 2.05) is 0 Å². The van der Waals surface area contributed by atoms with Gasteiger partial charge in [-0.15, -0.1) is 0 Å². The van der Waals surface area contributed by atoms with Gasteiger partial charge in [0, 0.05) is 5.54 Å². The van der Waals surface area contributed by atoms with E-state index in [0.29, 0.717) is 0 Å². The van der Waals surface area contributed by atoms with E-state index >= 15 is 0 Å². The summed E-state index contributed by atoms with van der Waals surface area (Å²) in [4.78, 5) is 2.40. The molecule has 2 aliphatic rings. The Morgan fingerprint density at radius 1 is 1.14 bits per heavy atom. The summed E-state index contributed by atoms with van der Waals surface area (Å²) < 4.78 is 0. The van der Waals surface area contributed by atoms with Gasteiger partial charge >= 0.3 is 0 Å². The number of aliphatic hydroxyl groups excluding tert-OH is 1. The summed E-state index contributed by atoms with van der Waals surface area (Å²) in [6, 6.07) is 0. The predicted octanol–water partition coefficient (Wildman–Crippen LogP) is 2.02. The third kappa shape index (κ3) is 1.31. The first kappa shape index (κ1) is 10.4. The molecule has 2 fully saturated rings. The molecule has 1 saturated carbocycles. The van der Waals surface area contributed by atoms with Crippen molar-refractivity contribution in [1.29, 1.82) is 0 Å². The van der Waals surface area contributed by atoms with E-state index in [2.05, 4.69) is 25.8 Å². The van der Waals surface area contributed by atoms with Crippen molar-refractivity contribution in [3.8, 4) is 0 Å². The van der Waals surface area contributed by atoms with Crippen molar-refractivity contribution in [2.45, 2.75) is 57.6 Å². The van der Waals surface area contributed by atoms with E-state index in [9.17, 15) is 5.11 Å². The average Bonchev–Trinajstić information content (AvgIpc) is 2.45. The molecule has 82 valence electrons. The van der Waals surface area contributed by atoms with E-state index in [4.69, 9.17) is 0 Å². The average molecular weight is 197 g/mol. The molecule has 0 bridgehead atoms. The summed E-state index contributed by atoms with van der Waals surface area (Å²) in [6.45, 7) is 5.59. The van der Waals surface area contributed by atoms with Crippen molar-refractivity contribution in [3.63, 3.8) is 0 Å². The lowest BCUT2D eigenvalue weighted by molar-refractivity contribution is -0.0968. The second-order valence-corrected chi connectivity index (χ2v) is 5.87. The number of nitrogens with zero attached hydrogens (tertiary/aromatic N) is 1. The van der Waals surface area contributed by atoms with Gasteiger partial charge in [0.1, 0.15) is 0 Å². The van der Waals surface area contributed by atoms with Gasteiger partial charge in [-0.05, 0) is 44.7 Å². The van der Waals surface area contributed by atoms with Crippen molar-refractivity contribution in [2.75, 3.05) is 13.6 Å². The van der Waals surface area contributed by atoms with Gasteiger partial charge in [0.15, 0.2) is 0 Å². The Bertz CT molecular complexity index is 226. The molecule has 0 aromatic carbocycles. The van der Waals surface area contributed by atoms with E-state index < -0.39 is 0 Å². The molecule has 1 aliphatic carbocycles. The minimum absolute atomic E-state index is 0.108. The Hall–Kier alpha value is -0.0800. The maximum Gasteiger partial charge on any atom is 0.0774 e. The molecule has 2 rings (SSSR count). The highest BCUT2D eigenvalue weighted by Gasteiger charge is 2.52. The van der Waals surface area contributed by atoms with Gasteiger partial charge in [-0.1, -0.05) is 20.3 Å². The zero-order valence-corrected chi connectivity index (χ0v) is 9.71. The number of hydrogen-bond donors (Lipinski definition) is 1. The first-order chi connectivity index (χ1) is 6.49. The van der Waals surface area contributed by atoms with Gasteiger partial charge in [-0.2, -0.15) is 0 Å². The van der Waals surface area contributed by atoms with Crippen molar-refractivity contribution in [3.05, 3.63) is 0 Å². The maximum absolute atomic E-state index is 10.5. The summed E-state index contributed by atoms with van der Waals surface area (Å²) in [6.07, 6.45) is 5.93. The molecular formula is C12H23NO. The van der Waals surface area contributed by atoms with Crippen LogP contribution in [0.5, 0.6) is 0 Å². The summed E-state index contributed by atoms with van der Waals surface area (Å²) in [7, 11) is 2.18. The van der Waals surface area contributed by atoms with Gasteiger partial charge < -0.3 is 5.11 Å². The molecule has 1 heterocycles. The first-order valence-corrected chi connectivity index (χ1v) is 5.88. The summed E-state index contributed by atoms with van der Waals surface area (Å²) in [5, 5.41) is 10.5. The minimum atomic E-state index is -0.142. The van der Waals surface area contributed by atoms with Crippen molar-refractivity contribution in [1.82, 2.24) is 4.90 Å². The minimum Gasteiger partial charge on any atom is -0.391 e. The molecule has 0 aromatic heterocycles. The Balaban J connectivity index is 2.26. The summed E-state index contributed by atoms with van der Waals surface area (Å²) >= 11 is 0. The van der Waals surface area contributed by atoms with Crippen molar-refractivity contribution in [2.24, 2.45) is 5.41 Å². The quantitative estimate of drug-likeness (QED) is 0.642. The van der Waals surface area contributed by atoms with E-state index in [-0.39, 0.29) is 17.1 Å². The molecule has 2 atom stereocenters. The predicted molar refractivity (Wildman–Crippen MR) is 58.2 cm³/mol. The Morgan fingerprint density at radius 2 is 1.79 bits per heavy atom. The van der Waals surface area contributed by atoms with Crippen LogP contribution in [0.1, 0.15) is 46.0 Å². The zero-order chi connectivity index (χ0) is 10.4. The highest BCUT2D eigenvalue weighted by atomic mass is 16.3. The van der Waals surface area contributed by atoms with Gasteiger partial charge in [-0.3, -0.25) is 4.90 Å². The number of aliphatic hydroxyl groups is 1. The van der Waals surface area contributed by atoms with Crippen LogP contribution in [0.15, 0.2) is 0 Å². The standard InChI is InChI=1S/C12H23NO/c1-11(2)6-4-7-12(10(11)14)8-5-9-13(12)3/h10,14H,4-9H2,1-3H3. The van der Waals surface area contributed by atoms with Crippen LogP contribution in [0.3, 0.4) is 0 Å². The third-order valence-corrected chi connectivity index (χ3v) is 4.54. The second kappa shape index (κ2) is 3.21. The van der Waals surface area contributed by atoms with Crippen LogP contribution >= 0.6 is 0 Å². The van der Waals surface area contributed by atoms with E-state index in [1.165, 1.54) is 32.1 Å². The summed E-state index contributed by atoms with van der Waals surface area (Å²) in [5.41, 5.74) is 0.221. The SMILES string of the molecule is CN1CCCC12CCCC(C)(C)C2O. The van der Waals surface area contributed by atoms with Crippen LogP contribution in [0.2, 0.25) is 0 Å². The molecule has 2 heteroatoms. The lowest BCUT2D eigenvalue weighted by Gasteiger charge is -2.51. The molecular weight excluding hydrogens is 174 g/mol. The molecule has 1 saturated heterocycles. The Labute approximate surface area is 87.3 Å². The molecule has 0 radical (unpaired) electrons. The van der Waals surface area contributed by atoms with Crippen molar-refractivity contribution < 1.29 is 5.11 Å². The lowest BCUT2D eigenvalue weighted by atomic mass is 9.64. The normalized spacial score (nSPS) is 43.3. The van der Waals surface area contributed by atoms with Crippen LogP contribution in [0.25, 0.3) is 0 Å². The van der Waals surface area contributed by atoms with Crippen LogP contribution in [0.4, 0.5) is 0 Å². The van der Waals surface area contributed by atoms with Crippen LogP contribution in [-0.2, 0) is 0 Å². The van der Waals surface area contributed by atoms with E-state index in [1.54, 1.807) is 0 Å². The molecule has 0 amide bonds. The van der Waals surface area contributed by atoms with Crippen LogP contribution in [0, 0.1) is 5.41 Å². The van der Waals surface area contributed by atoms with Crippen LogP contribution < -0.4 is 0 Å². The first-order valence-electron chi connectivity index (χ1n) is 5.88. The van der Waals surface area contributed by atoms with Gasteiger partial charge in [0.2, 0.25) is 0 Å². The number of hydrogen-bond acceptors (Lipinski definition) is 2. The Morgan fingerprint density at radius 3 is 2.36 bits per heavy atom. The van der Waals surface area contributed by atoms with Gasteiger partial charge in [0.05, 0.1) is 6.10 Å². The topological polar surface area (TPSA) is 23.5 Å². The summed E-state index contributed by atoms with van der Waals surface area (Å²) in [5.74, 6) is 0. The molecule has 1 aliphatic heterocycles. The van der Waals surface area contributed by atoms with Crippen LogP contribution in [-0.4, -0.2) is 35.2 Å². The lowest BCUT2D eigenvalue weighted by Crippen LogP contribution is -2.59. The van der Waals surface area contributed by atoms with Gasteiger partial charge in [-0.25, -0.2) is 0 Å². The molecule has 0 aromatic rings. The largest absolute Gasteiger partial charge is 0.391 e. The highest BCUT2D eigenvalue weighted by molar-refractivity contribution is 5.07. The number of likely N-dealkylation sites (tertiary alicyclic amines) is 1. The second-order valence-electron chi connectivity index (χ2n) is 5.87. The molecule has 2 unspecified atom stereocenters. The van der Waals surface area contributed by atoms with Crippen molar-refractivity contribution >= 4 is 0 Å². The Kier molecular flexibility index (Phi) is 2.39. The molecule has 14 heavy (non-hydrogen) atoms. The molecule has 1 N–H and O–H groups in total. The third-order valence-electron chi connectivity index (χ3n) is 4.54. The monoisotopic (exact) mass is 197 g/mol. The van der Waals surface area contributed by atoms with Gasteiger partial charge in [0.25, 0.3) is 0 Å². The zero-order valence-electron chi connectivity index (χ0n) is 9.71. The molecule has 1 spiro atoms. The fraction of sp³-hybridized carbons (Fsp3) is 1.00. The fourth-order valence-electron chi connectivity index (χ4n) is 3.55. The van der Waals surface area contributed by atoms with E-state index in [0.717, 1.165) is 6.54 Å². The molecule has 2 nitrogen and oxygen atoms in total.